The van der Waals surface area contributed by atoms with Gasteiger partial charge in [-0.3, -0.25) is 9.59 Å². The summed E-state index contributed by atoms with van der Waals surface area (Å²) in [6.07, 6.45) is 18.6. The zero-order valence-electron chi connectivity index (χ0n) is 15.8. The molecule has 4 rings (SSSR count). The first-order chi connectivity index (χ1) is 12.4. The second-order valence-corrected chi connectivity index (χ2v) is 8.97. The van der Waals surface area contributed by atoms with Crippen molar-refractivity contribution in [1.29, 1.82) is 0 Å². The first kappa shape index (κ1) is 17.6. The van der Waals surface area contributed by atoms with Gasteiger partial charge in [-0.1, -0.05) is 19.1 Å². The van der Waals surface area contributed by atoms with Crippen LogP contribution in [0.15, 0.2) is 23.8 Å². The molecule has 6 atom stereocenters. The van der Waals surface area contributed by atoms with Gasteiger partial charge >= 0.3 is 5.97 Å². The van der Waals surface area contributed by atoms with Crippen molar-refractivity contribution in [2.45, 2.75) is 64.9 Å². The molecule has 138 valence electrons. The maximum Gasteiger partial charge on any atom is 0.302 e. The van der Waals surface area contributed by atoms with Crippen molar-refractivity contribution in [1.82, 2.24) is 0 Å². The summed E-state index contributed by atoms with van der Waals surface area (Å²) in [5, 5.41) is 0. The molecule has 0 heterocycles. The van der Waals surface area contributed by atoms with Gasteiger partial charge < -0.3 is 4.74 Å². The lowest BCUT2D eigenvalue weighted by Gasteiger charge is -2.56. The average molecular weight is 352 g/mol. The number of hydrogen-bond acceptors (Lipinski definition) is 3. The molecule has 0 aromatic heterocycles. The maximum atomic E-state index is 12.0. The lowest BCUT2D eigenvalue weighted by Crippen LogP contribution is -2.51. The average Bonchev–Trinajstić information content (AvgIpc) is 2.91. The van der Waals surface area contributed by atoms with Gasteiger partial charge in [0, 0.05) is 30.6 Å². The number of terminal acetylenes is 1. The molecule has 0 aromatic rings. The summed E-state index contributed by atoms with van der Waals surface area (Å²) in [4.78, 5) is 23.5. The maximum absolute atomic E-state index is 12.0. The van der Waals surface area contributed by atoms with Crippen molar-refractivity contribution < 1.29 is 14.3 Å². The monoisotopic (exact) mass is 352 g/mol. The van der Waals surface area contributed by atoms with Gasteiger partial charge in [0.1, 0.15) is 6.10 Å². The van der Waals surface area contributed by atoms with Crippen LogP contribution in [0.2, 0.25) is 0 Å². The number of carbonyl (C=O) groups is 2. The van der Waals surface area contributed by atoms with Gasteiger partial charge in [0.15, 0.2) is 5.78 Å². The third-order valence-electron chi connectivity index (χ3n) is 7.89. The Morgan fingerprint density at radius 1 is 1.31 bits per heavy atom. The van der Waals surface area contributed by atoms with Crippen molar-refractivity contribution in [2.75, 3.05) is 0 Å². The van der Waals surface area contributed by atoms with Crippen LogP contribution in [0.5, 0.6) is 0 Å². The molecule has 2 fully saturated rings. The van der Waals surface area contributed by atoms with E-state index in [1.54, 1.807) is 0 Å². The van der Waals surface area contributed by atoms with Crippen LogP contribution in [0.4, 0.5) is 0 Å². The minimum Gasteiger partial charge on any atom is -0.462 e. The van der Waals surface area contributed by atoms with Crippen LogP contribution in [0.25, 0.3) is 0 Å². The molecule has 2 saturated carbocycles. The summed E-state index contributed by atoms with van der Waals surface area (Å²) in [6.45, 7) is 3.83. The zero-order valence-corrected chi connectivity index (χ0v) is 15.8. The zero-order chi connectivity index (χ0) is 18.5. The Morgan fingerprint density at radius 2 is 2.12 bits per heavy atom. The highest BCUT2D eigenvalue weighted by atomic mass is 16.5. The van der Waals surface area contributed by atoms with Gasteiger partial charge in [-0.25, -0.2) is 0 Å². The summed E-state index contributed by atoms with van der Waals surface area (Å²) in [5.41, 5.74) is 1.18. The van der Waals surface area contributed by atoms with E-state index in [1.807, 2.05) is 6.08 Å². The second-order valence-electron chi connectivity index (χ2n) is 8.97. The summed E-state index contributed by atoms with van der Waals surface area (Å²) in [7, 11) is 0. The molecule has 3 nitrogen and oxygen atoms in total. The summed E-state index contributed by atoms with van der Waals surface area (Å²) in [5.74, 6) is 4.47. The van der Waals surface area contributed by atoms with Crippen molar-refractivity contribution >= 4 is 11.8 Å². The first-order valence-corrected chi connectivity index (χ1v) is 9.94. The number of ketones is 1. The minimum atomic E-state index is -0.169. The van der Waals surface area contributed by atoms with Gasteiger partial charge in [-0.15, -0.1) is 12.3 Å². The van der Waals surface area contributed by atoms with Crippen LogP contribution in [-0.2, 0) is 14.3 Å². The quantitative estimate of drug-likeness (QED) is 0.552. The molecule has 4 aliphatic rings. The molecule has 0 radical (unpaired) electrons. The largest absolute Gasteiger partial charge is 0.462 e. The SMILES string of the molecule is C#CCC12CCC(=O)C=C1C=C[C@@H]1[C@@H]2CC[C@]2(C)[C@@H](OC(C)=O)CC[C@@H]12. The van der Waals surface area contributed by atoms with E-state index in [9.17, 15) is 9.59 Å². The van der Waals surface area contributed by atoms with E-state index >= 15 is 0 Å². The first-order valence-electron chi connectivity index (χ1n) is 9.94. The van der Waals surface area contributed by atoms with E-state index < -0.39 is 0 Å². The summed E-state index contributed by atoms with van der Waals surface area (Å²) < 4.78 is 5.71. The number of ether oxygens (including phenoxy) is 1. The van der Waals surface area contributed by atoms with Gasteiger partial charge in [0.05, 0.1) is 0 Å². The van der Waals surface area contributed by atoms with Crippen molar-refractivity contribution in [3.8, 4) is 12.3 Å². The fourth-order valence-electron chi connectivity index (χ4n) is 6.67. The Bertz CT molecular complexity index is 739. The molecular weight excluding hydrogens is 324 g/mol. The normalized spacial score (nSPS) is 43.6. The molecule has 0 saturated heterocycles. The highest BCUT2D eigenvalue weighted by molar-refractivity contribution is 5.92. The predicted octanol–water partition coefficient (Wildman–Crippen LogP) is 4.23. The lowest BCUT2D eigenvalue weighted by atomic mass is 9.48. The van der Waals surface area contributed by atoms with Crippen LogP contribution >= 0.6 is 0 Å². The van der Waals surface area contributed by atoms with Gasteiger partial charge in [-0.05, 0) is 61.5 Å². The molecule has 0 N–H and O–H groups in total. The van der Waals surface area contributed by atoms with Crippen LogP contribution in [0.3, 0.4) is 0 Å². The Labute approximate surface area is 156 Å². The lowest BCUT2D eigenvalue weighted by molar-refractivity contribution is -0.155. The number of hydrogen-bond donors (Lipinski definition) is 0. The Morgan fingerprint density at radius 3 is 2.85 bits per heavy atom. The molecule has 0 aliphatic heterocycles. The minimum absolute atomic E-state index is 0.0350. The number of esters is 1. The molecule has 4 aliphatic carbocycles. The van der Waals surface area contributed by atoms with E-state index in [-0.39, 0.29) is 28.7 Å². The van der Waals surface area contributed by atoms with Crippen molar-refractivity contribution in [2.24, 2.45) is 28.6 Å². The van der Waals surface area contributed by atoms with E-state index in [0.29, 0.717) is 30.6 Å². The Balaban J connectivity index is 1.71. The molecule has 0 spiro atoms. The van der Waals surface area contributed by atoms with Crippen LogP contribution in [-0.4, -0.2) is 17.9 Å². The van der Waals surface area contributed by atoms with Gasteiger partial charge in [0.2, 0.25) is 0 Å². The Hall–Kier alpha value is -1.82. The third kappa shape index (κ3) is 2.42. The summed E-state index contributed by atoms with van der Waals surface area (Å²) >= 11 is 0. The standard InChI is InChI=1S/C23H28O3/c1-4-11-23-13-9-17(25)14-16(23)5-6-18-19-7-8-21(26-15(2)24)22(19,3)12-10-20(18)23/h1,5-6,14,18-21H,7-13H2,2-3H3/t18-,19-,20-,21-,22-,23?/m0/s1. The smallest absolute Gasteiger partial charge is 0.302 e. The van der Waals surface area contributed by atoms with Crippen molar-refractivity contribution in [3.05, 3.63) is 23.8 Å². The van der Waals surface area contributed by atoms with Crippen LogP contribution in [0, 0.1) is 40.9 Å². The molecule has 0 bridgehead atoms. The predicted molar refractivity (Wildman–Crippen MR) is 99.9 cm³/mol. The van der Waals surface area contributed by atoms with Crippen LogP contribution in [0.1, 0.15) is 58.8 Å². The Kier molecular flexibility index (Phi) is 4.14. The highest BCUT2D eigenvalue weighted by Crippen LogP contribution is 2.64. The molecule has 0 aromatic carbocycles. The number of allylic oxidation sites excluding steroid dienone is 4. The van der Waals surface area contributed by atoms with E-state index in [1.165, 1.54) is 6.92 Å². The fourth-order valence-corrected chi connectivity index (χ4v) is 6.67. The van der Waals surface area contributed by atoms with Crippen LogP contribution < -0.4 is 0 Å². The third-order valence-corrected chi connectivity index (χ3v) is 7.89. The number of carbonyl (C=O) groups excluding carboxylic acids is 2. The summed E-state index contributed by atoms with van der Waals surface area (Å²) in [6, 6.07) is 0. The molecule has 26 heavy (non-hydrogen) atoms. The molecular formula is C23H28O3. The highest BCUT2D eigenvalue weighted by Gasteiger charge is 2.59. The molecule has 0 amide bonds. The van der Waals surface area contributed by atoms with E-state index in [4.69, 9.17) is 11.2 Å². The van der Waals surface area contributed by atoms with E-state index in [0.717, 1.165) is 37.7 Å². The topological polar surface area (TPSA) is 43.4 Å². The molecule has 1 unspecified atom stereocenters. The van der Waals surface area contributed by atoms with Gasteiger partial charge in [-0.2, -0.15) is 0 Å². The fraction of sp³-hybridized carbons (Fsp3) is 0.652. The van der Waals surface area contributed by atoms with Crippen molar-refractivity contribution in [3.63, 3.8) is 0 Å². The number of rotatable bonds is 2. The number of fused-ring (bicyclic) bond motifs is 5. The second kappa shape index (κ2) is 6.12. The molecule has 3 heteroatoms. The van der Waals surface area contributed by atoms with E-state index in [2.05, 4.69) is 25.0 Å². The van der Waals surface area contributed by atoms with Gasteiger partial charge in [0.25, 0.3) is 0 Å².